The number of aryl methyl sites for hydroxylation is 1. The van der Waals surface area contributed by atoms with Crippen molar-refractivity contribution in [1.82, 2.24) is 0 Å². The van der Waals surface area contributed by atoms with Gasteiger partial charge >= 0.3 is 0 Å². The Morgan fingerprint density at radius 2 is 1.93 bits per heavy atom. The van der Waals surface area contributed by atoms with E-state index in [1.807, 2.05) is 0 Å². The zero-order valence-corrected chi connectivity index (χ0v) is 10.7. The van der Waals surface area contributed by atoms with Crippen molar-refractivity contribution < 1.29 is 4.74 Å². The van der Waals surface area contributed by atoms with Crippen LogP contribution >= 0.6 is 12.6 Å². The third-order valence-corrected chi connectivity index (χ3v) is 2.91. The van der Waals surface area contributed by atoms with Gasteiger partial charge in [-0.2, -0.15) is 12.6 Å². The second-order valence-electron chi connectivity index (χ2n) is 3.67. The first-order chi connectivity index (χ1) is 7.11. The molecule has 15 heavy (non-hydrogen) atoms. The molecule has 0 heterocycles. The Labute approximate surface area is 97.4 Å². The summed E-state index contributed by atoms with van der Waals surface area (Å²) in [5.41, 5.74) is 4.89. The van der Waals surface area contributed by atoms with E-state index in [9.17, 15) is 0 Å². The second-order valence-corrected chi connectivity index (χ2v) is 4.12. The number of anilines is 1. The number of ether oxygens (including phenoxy) is 1. The van der Waals surface area contributed by atoms with Gasteiger partial charge in [0.2, 0.25) is 0 Å². The van der Waals surface area contributed by atoms with Gasteiger partial charge in [-0.05, 0) is 43.5 Å². The molecular weight excluding hydrogens is 206 g/mol. The molecular formula is C12H19NOS. The van der Waals surface area contributed by atoms with Crippen LogP contribution in [0.4, 0.5) is 5.69 Å². The number of rotatable bonds is 4. The van der Waals surface area contributed by atoms with Crippen molar-refractivity contribution in [2.45, 2.75) is 20.8 Å². The van der Waals surface area contributed by atoms with Crippen LogP contribution in [0.15, 0.2) is 6.07 Å². The highest BCUT2D eigenvalue weighted by Crippen LogP contribution is 2.30. The molecule has 1 aromatic rings. The summed E-state index contributed by atoms with van der Waals surface area (Å²) in [4.78, 5) is 0. The Morgan fingerprint density at radius 3 is 2.47 bits per heavy atom. The van der Waals surface area contributed by atoms with Gasteiger partial charge < -0.3 is 10.1 Å². The van der Waals surface area contributed by atoms with E-state index in [4.69, 9.17) is 4.74 Å². The summed E-state index contributed by atoms with van der Waals surface area (Å²) < 4.78 is 5.32. The lowest BCUT2D eigenvalue weighted by Gasteiger charge is -2.16. The normalized spacial score (nSPS) is 10.2. The summed E-state index contributed by atoms with van der Waals surface area (Å²) in [5, 5.41) is 3.39. The molecule has 0 aliphatic carbocycles. The fraction of sp³-hybridized carbons (Fsp3) is 0.500. The highest BCUT2D eigenvalue weighted by Gasteiger charge is 2.09. The Balaban J connectivity index is 3.11. The molecule has 0 atom stereocenters. The zero-order valence-electron chi connectivity index (χ0n) is 9.85. The SMILES string of the molecule is COc1cc(C)c(NCCS)c(C)c1C. The Hall–Kier alpha value is -0.830. The highest BCUT2D eigenvalue weighted by molar-refractivity contribution is 7.80. The first kappa shape index (κ1) is 12.2. The van der Waals surface area contributed by atoms with Crippen molar-refractivity contribution in [3.05, 3.63) is 22.8 Å². The number of nitrogens with one attached hydrogen (secondary N) is 1. The van der Waals surface area contributed by atoms with Crippen LogP contribution in [0.3, 0.4) is 0 Å². The van der Waals surface area contributed by atoms with Crippen molar-refractivity contribution in [2.24, 2.45) is 0 Å². The molecule has 2 nitrogen and oxygen atoms in total. The third-order valence-electron chi connectivity index (χ3n) is 2.68. The molecule has 0 spiro atoms. The Morgan fingerprint density at radius 1 is 1.27 bits per heavy atom. The van der Waals surface area contributed by atoms with Gasteiger partial charge in [-0.3, -0.25) is 0 Å². The molecule has 0 radical (unpaired) electrons. The average Bonchev–Trinajstić information content (AvgIpc) is 2.23. The lowest BCUT2D eigenvalue weighted by atomic mass is 10.0. The largest absolute Gasteiger partial charge is 0.496 e. The minimum Gasteiger partial charge on any atom is -0.496 e. The van der Waals surface area contributed by atoms with Gasteiger partial charge in [-0.15, -0.1) is 0 Å². The monoisotopic (exact) mass is 225 g/mol. The molecule has 84 valence electrons. The van der Waals surface area contributed by atoms with Gasteiger partial charge in [0.15, 0.2) is 0 Å². The molecule has 0 bridgehead atoms. The van der Waals surface area contributed by atoms with E-state index >= 15 is 0 Å². The molecule has 0 unspecified atom stereocenters. The van der Waals surface area contributed by atoms with Gasteiger partial charge in [0, 0.05) is 18.0 Å². The standard InChI is InChI=1S/C12H19NOS/c1-8-7-11(14-4)9(2)10(3)12(8)13-5-6-15/h7,13,15H,5-6H2,1-4H3. The zero-order chi connectivity index (χ0) is 11.4. The van der Waals surface area contributed by atoms with Crippen molar-refractivity contribution in [1.29, 1.82) is 0 Å². The topological polar surface area (TPSA) is 21.3 Å². The Bertz CT molecular complexity index is 350. The summed E-state index contributed by atoms with van der Waals surface area (Å²) in [6.07, 6.45) is 0. The smallest absolute Gasteiger partial charge is 0.122 e. The van der Waals surface area contributed by atoms with Gasteiger partial charge in [0.1, 0.15) is 5.75 Å². The van der Waals surface area contributed by atoms with E-state index in [1.54, 1.807) is 7.11 Å². The molecule has 1 rings (SSSR count). The van der Waals surface area contributed by atoms with Gasteiger partial charge in [0.05, 0.1) is 7.11 Å². The molecule has 0 amide bonds. The maximum absolute atomic E-state index is 5.32. The summed E-state index contributed by atoms with van der Waals surface area (Å²) >= 11 is 4.20. The lowest BCUT2D eigenvalue weighted by molar-refractivity contribution is 0.411. The van der Waals surface area contributed by atoms with Crippen molar-refractivity contribution >= 4 is 18.3 Å². The van der Waals surface area contributed by atoms with E-state index < -0.39 is 0 Å². The Kier molecular flexibility index (Phi) is 4.33. The van der Waals surface area contributed by atoms with Crippen LogP contribution < -0.4 is 10.1 Å². The van der Waals surface area contributed by atoms with E-state index in [0.717, 1.165) is 18.0 Å². The van der Waals surface area contributed by atoms with E-state index in [1.165, 1.54) is 22.4 Å². The van der Waals surface area contributed by atoms with Crippen LogP contribution in [0, 0.1) is 20.8 Å². The fourth-order valence-corrected chi connectivity index (χ4v) is 1.82. The lowest BCUT2D eigenvalue weighted by Crippen LogP contribution is -2.07. The molecule has 0 saturated carbocycles. The minimum absolute atomic E-state index is 0.837. The van der Waals surface area contributed by atoms with Crippen molar-refractivity contribution in [2.75, 3.05) is 24.7 Å². The van der Waals surface area contributed by atoms with Crippen LogP contribution in [0.5, 0.6) is 5.75 Å². The van der Waals surface area contributed by atoms with Crippen LogP contribution in [-0.4, -0.2) is 19.4 Å². The maximum atomic E-state index is 5.32. The molecule has 0 aliphatic heterocycles. The van der Waals surface area contributed by atoms with Gasteiger partial charge in [-0.25, -0.2) is 0 Å². The summed E-state index contributed by atoms with van der Waals surface area (Å²) in [6, 6.07) is 2.07. The predicted molar refractivity (Wildman–Crippen MR) is 69.5 cm³/mol. The van der Waals surface area contributed by atoms with Crippen molar-refractivity contribution in [3.63, 3.8) is 0 Å². The quantitative estimate of drug-likeness (QED) is 0.769. The van der Waals surface area contributed by atoms with Gasteiger partial charge in [-0.1, -0.05) is 0 Å². The molecule has 0 aromatic heterocycles. The predicted octanol–water partition coefficient (Wildman–Crippen LogP) is 2.96. The number of thiol groups is 1. The molecule has 3 heteroatoms. The number of methoxy groups -OCH3 is 1. The highest BCUT2D eigenvalue weighted by atomic mass is 32.1. The second kappa shape index (κ2) is 5.31. The van der Waals surface area contributed by atoms with Crippen LogP contribution in [0.2, 0.25) is 0 Å². The molecule has 1 aromatic carbocycles. The van der Waals surface area contributed by atoms with E-state index in [0.29, 0.717) is 0 Å². The minimum atomic E-state index is 0.837. The van der Waals surface area contributed by atoms with Crippen LogP contribution in [0.1, 0.15) is 16.7 Å². The summed E-state index contributed by atoms with van der Waals surface area (Å²) in [7, 11) is 1.71. The van der Waals surface area contributed by atoms with Gasteiger partial charge in [0.25, 0.3) is 0 Å². The molecule has 0 saturated heterocycles. The average molecular weight is 225 g/mol. The number of hydrogen-bond donors (Lipinski definition) is 2. The van der Waals surface area contributed by atoms with Crippen LogP contribution in [-0.2, 0) is 0 Å². The summed E-state index contributed by atoms with van der Waals surface area (Å²) in [6.45, 7) is 7.18. The molecule has 0 aliphatic rings. The first-order valence-electron chi connectivity index (χ1n) is 5.11. The molecule has 1 N–H and O–H groups in total. The van der Waals surface area contributed by atoms with E-state index in [-0.39, 0.29) is 0 Å². The summed E-state index contributed by atoms with van der Waals surface area (Å²) in [5.74, 6) is 1.80. The first-order valence-corrected chi connectivity index (χ1v) is 5.74. The maximum Gasteiger partial charge on any atom is 0.122 e. The van der Waals surface area contributed by atoms with E-state index in [2.05, 4.69) is 44.8 Å². The molecule has 0 fully saturated rings. The van der Waals surface area contributed by atoms with Crippen molar-refractivity contribution in [3.8, 4) is 5.75 Å². The fourth-order valence-electron chi connectivity index (χ4n) is 1.71. The number of hydrogen-bond acceptors (Lipinski definition) is 3. The third kappa shape index (κ3) is 2.59. The van der Waals surface area contributed by atoms with Crippen LogP contribution in [0.25, 0.3) is 0 Å². The number of benzene rings is 1.